The molecule has 6 nitrogen and oxygen atoms in total. The molecule has 3 rings (SSSR count). The lowest BCUT2D eigenvalue weighted by Crippen LogP contribution is -2.37. The normalized spacial score (nSPS) is 13.4. The van der Waals surface area contributed by atoms with Crippen molar-refractivity contribution in [2.75, 3.05) is 19.1 Å². The molecule has 0 atom stereocenters. The molecule has 1 N–H and O–H groups in total. The molecule has 1 aliphatic rings. The van der Waals surface area contributed by atoms with Crippen LogP contribution in [-0.2, 0) is 20.0 Å². The minimum Gasteiger partial charge on any atom is -0.454 e. The summed E-state index contributed by atoms with van der Waals surface area (Å²) in [5.41, 5.74) is 1.65. The Hall–Kier alpha value is -2.54. The monoisotopic (exact) mass is 403 g/mol. The highest BCUT2D eigenvalue weighted by atomic mass is 32.2. The standard InChI is InChI=1S/C21H25NO5S/c1-15-4-7-17(8-5-15)28(24,25)11-10-20(23)22-13-21(2,3)16-6-9-18-19(12-16)27-14-26-18/h4-9,12H,10-11,13-14H2,1-3H3,(H,22,23). The SMILES string of the molecule is Cc1ccc(S(=O)(=O)CCC(=O)NCC(C)(C)c2ccc3c(c2)OCO3)cc1. The van der Waals surface area contributed by atoms with E-state index in [1.165, 1.54) is 0 Å². The van der Waals surface area contributed by atoms with Crippen LogP contribution in [0.25, 0.3) is 0 Å². The van der Waals surface area contributed by atoms with Gasteiger partial charge in [0.25, 0.3) is 0 Å². The van der Waals surface area contributed by atoms with Gasteiger partial charge in [-0.05, 0) is 36.8 Å². The first kappa shape index (κ1) is 20.2. The number of carbonyl (C=O) groups excluding carboxylic acids is 1. The highest BCUT2D eigenvalue weighted by Gasteiger charge is 2.25. The van der Waals surface area contributed by atoms with E-state index in [4.69, 9.17) is 9.47 Å². The molecular weight excluding hydrogens is 378 g/mol. The smallest absolute Gasteiger partial charge is 0.231 e. The van der Waals surface area contributed by atoms with Crippen LogP contribution in [0.2, 0.25) is 0 Å². The molecule has 150 valence electrons. The predicted octanol–water partition coefficient (Wildman–Crippen LogP) is 2.98. The van der Waals surface area contributed by atoms with Gasteiger partial charge in [0, 0.05) is 18.4 Å². The Labute approximate surface area is 165 Å². The Morgan fingerprint density at radius 3 is 2.46 bits per heavy atom. The number of amides is 1. The first-order valence-electron chi connectivity index (χ1n) is 9.14. The van der Waals surface area contributed by atoms with Crippen LogP contribution >= 0.6 is 0 Å². The number of ether oxygens (including phenoxy) is 2. The van der Waals surface area contributed by atoms with Crippen LogP contribution in [0.15, 0.2) is 47.4 Å². The molecule has 0 saturated carbocycles. The summed E-state index contributed by atoms with van der Waals surface area (Å²) in [5.74, 6) is 0.905. The Morgan fingerprint density at radius 1 is 1.07 bits per heavy atom. The Balaban J connectivity index is 1.55. The van der Waals surface area contributed by atoms with E-state index in [0.29, 0.717) is 18.0 Å². The van der Waals surface area contributed by atoms with E-state index in [9.17, 15) is 13.2 Å². The largest absolute Gasteiger partial charge is 0.454 e. The van der Waals surface area contributed by atoms with Gasteiger partial charge in [-0.3, -0.25) is 4.79 Å². The van der Waals surface area contributed by atoms with Crippen molar-refractivity contribution in [2.24, 2.45) is 0 Å². The third-order valence-electron chi connectivity index (χ3n) is 4.86. The summed E-state index contributed by atoms with van der Waals surface area (Å²) < 4.78 is 35.5. The highest BCUT2D eigenvalue weighted by Crippen LogP contribution is 2.36. The summed E-state index contributed by atoms with van der Waals surface area (Å²) >= 11 is 0. The molecule has 7 heteroatoms. The summed E-state index contributed by atoms with van der Waals surface area (Å²) in [6.07, 6.45) is -0.0760. The van der Waals surface area contributed by atoms with E-state index < -0.39 is 9.84 Å². The lowest BCUT2D eigenvalue weighted by atomic mass is 9.84. The van der Waals surface area contributed by atoms with Gasteiger partial charge in [0.05, 0.1) is 10.6 Å². The van der Waals surface area contributed by atoms with E-state index >= 15 is 0 Å². The lowest BCUT2D eigenvalue weighted by molar-refractivity contribution is -0.120. The van der Waals surface area contributed by atoms with Gasteiger partial charge in [-0.15, -0.1) is 0 Å². The van der Waals surface area contributed by atoms with Crippen LogP contribution in [0, 0.1) is 6.92 Å². The molecule has 1 heterocycles. The van der Waals surface area contributed by atoms with Crippen LogP contribution in [-0.4, -0.2) is 33.4 Å². The average Bonchev–Trinajstić information content (AvgIpc) is 3.13. The zero-order valence-corrected chi connectivity index (χ0v) is 17.1. The topological polar surface area (TPSA) is 81.7 Å². The Bertz CT molecular complexity index is 965. The summed E-state index contributed by atoms with van der Waals surface area (Å²) in [5, 5.41) is 2.85. The number of carbonyl (C=O) groups is 1. The van der Waals surface area contributed by atoms with Gasteiger partial charge >= 0.3 is 0 Å². The number of hydrogen-bond acceptors (Lipinski definition) is 5. The molecule has 0 aromatic heterocycles. The van der Waals surface area contributed by atoms with E-state index in [0.717, 1.165) is 11.1 Å². The molecule has 0 unspecified atom stereocenters. The zero-order chi connectivity index (χ0) is 20.4. The first-order valence-corrected chi connectivity index (χ1v) is 10.8. The molecule has 2 aromatic carbocycles. The fourth-order valence-corrected chi connectivity index (χ4v) is 4.16. The van der Waals surface area contributed by atoms with Crippen molar-refractivity contribution in [3.63, 3.8) is 0 Å². The van der Waals surface area contributed by atoms with Gasteiger partial charge in [-0.2, -0.15) is 0 Å². The van der Waals surface area contributed by atoms with Crippen LogP contribution < -0.4 is 14.8 Å². The zero-order valence-electron chi connectivity index (χ0n) is 16.3. The Morgan fingerprint density at radius 2 is 1.75 bits per heavy atom. The van der Waals surface area contributed by atoms with Crippen molar-refractivity contribution in [1.29, 1.82) is 0 Å². The fraction of sp³-hybridized carbons (Fsp3) is 0.381. The van der Waals surface area contributed by atoms with Crippen molar-refractivity contribution in [1.82, 2.24) is 5.32 Å². The number of sulfone groups is 1. The van der Waals surface area contributed by atoms with Crippen LogP contribution in [0.4, 0.5) is 0 Å². The van der Waals surface area contributed by atoms with Crippen molar-refractivity contribution < 1.29 is 22.7 Å². The second-order valence-electron chi connectivity index (χ2n) is 7.61. The fourth-order valence-electron chi connectivity index (χ4n) is 2.92. The van der Waals surface area contributed by atoms with E-state index in [-0.39, 0.29) is 35.2 Å². The molecular formula is C21H25NO5S. The van der Waals surface area contributed by atoms with Gasteiger partial charge < -0.3 is 14.8 Å². The van der Waals surface area contributed by atoms with Gasteiger partial charge in [0.15, 0.2) is 21.3 Å². The highest BCUT2D eigenvalue weighted by molar-refractivity contribution is 7.91. The van der Waals surface area contributed by atoms with Crippen molar-refractivity contribution in [3.8, 4) is 11.5 Å². The van der Waals surface area contributed by atoms with E-state index in [2.05, 4.69) is 5.32 Å². The van der Waals surface area contributed by atoms with Crippen LogP contribution in [0.1, 0.15) is 31.4 Å². The summed E-state index contributed by atoms with van der Waals surface area (Å²) in [6.45, 7) is 6.51. The maximum absolute atomic E-state index is 12.4. The van der Waals surface area contributed by atoms with E-state index in [1.54, 1.807) is 24.3 Å². The molecule has 0 aliphatic carbocycles. The molecule has 1 amide bonds. The average molecular weight is 404 g/mol. The van der Waals surface area contributed by atoms with Crippen LogP contribution in [0.3, 0.4) is 0 Å². The van der Waals surface area contributed by atoms with E-state index in [1.807, 2.05) is 39.0 Å². The third-order valence-corrected chi connectivity index (χ3v) is 6.59. The summed E-state index contributed by atoms with van der Waals surface area (Å²) in [6, 6.07) is 12.4. The second-order valence-corrected chi connectivity index (χ2v) is 9.72. The molecule has 2 aromatic rings. The van der Waals surface area contributed by atoms with Gasteiger partial charge in [0.2, 0.25) is 12.7 Å². The molecule has 0 bridgehead atoms. The molecule has 0 spiro atoms. The van der Waals surface area contributed by atoms with Crippen molar-refractivity contribution >= 4 is 15.7 Å². The minimum atomic E-state index is -3.48. The minimum absolute atomic E-state index is 0.0760. The molecule has 1 aliphatic heterocycles. The molecule has 0 radical (unpaired) electrons. The van der Waals surface area contributed by atoms with Crippen molar-refractivity contribution in [3.05, 3.63) is 53.6 Å². The lowest BCUT2D eigenvalue weighted by Gasteiger charge is -2.26. The van der Waals surface area contributed by atoms with Gasteiger partial charge in [-0.1, -0.05) is 37.6 Å². The van der Waals surface area contributed by atoms with Gasteiger partial charge in [-0.25, -0.2) is 8.42 Å². The number of fused-ring (bicyclic) bond motifs is 1. The Kier molecular flexibility index (Phi) is 5.65. The number of rotatable bonds is 7. The number of benzene rings is 2. The maximum atomic E-state index is 12.4. The first-order chi connectivity index (χ1) is 13.2. The number of hydrogen-bond donors (Lipinski definition) is 1. The van der Waals surface area contributed by atoms with Crippen molar-refractivity contribution in [2.45, 2.75) is 37.5 Å². The molecule has 28 heavy (non-hydrogen) atoms. The quantitative estimate of drug-likeness (QED) is 0.769. The second kappa shape index (κ2) is 7.83. The predicted molar refractivity (Wildman–Crippen MR) is 106 cm³/mol. The number of nitrogens with one attached hydrogen (secondary N) is 1. The van der Waals surface area contributed by atoms with Gasteiger partial charge in [0.1, 0.15) is 0 Å². The number of aryl methyl sites for hydroxylation is 1. The molecule has 0 fully saturated rings. The maximum Gasteiger partial charge on any atom is 0.231 e. The molecule has 0 saturated heterocycles. The third kappa shape index (κ3) is 4.65. The van der Waals surface area contributed by atoms with Crippen LogP contribution in [0.5, 0.6) is 11.5 Å². The summed E-state index contributed by atoms with van der Waals surface area (Å²) in [7, 11) is -3.48. The summed E-state index contributed by atoms with van der Waals surface area (Å²) in [4.78, 5) is 12.5.